The fraction of sp³-hybridized carbons (Fsp3) is 0.200. The maximum Gasteiger partial charge on any atom is 0.120 e. The highest BCUT2D eigenvalue weighted by Gasteiger charge is 2.01. The Hall–Kier alpha value is -1.68. The molecule has 0 saturated carbocycles. The van der Waals surface area contributed by atoms with Gasteiger partial charge in [0.2, 0.25) is 0 Å². The van der Waals surface area contributed by atoms with Crippen LogP contribution in [-0.4, -0.2) is 20.2 Å². The zero-order chi connectivity index (χ0) is 13.7. The molecule has 4 heteroatoms. The maximum absolute atomic E-state index is 5.71. The van der Waals surface area contributed by atoms with Gasteiger partial charge in [0.15, 0.2) is 0 Å². The monoisotopic (exact) mass is 320 g/mol. The molecule has 2 aromatic carbocycles. The van der Waals surface area contributed by atoms with Gasteiger partial charge >= 0.3 is 0 Å². The molecule has 0 fully saturated rings. The molecule has 0 aliphatic rings. The molecule has 0 aliphatic heterocycles. The third-order valence-electron chi connectivity index (χ3n) is 2.83. The molecule has 0 aliphatic carbocycles. The van der Waals surface area contributed by atoms with Crippen LogP contribution in [0.3, 0.4) is 0 Å². The molecule has 0 bridgehead atoms. The van der Waals surface area contributed by atoms with Crippen molar-refractivity contribution < 1.29 is 4.74 Å². The van der Waals surface area contributed by atoms with Crippen LogP contribution in [0.25, 0.3) is 0 Å². The number of nitrogen functional groups attached to an aromatic ring is 1. The Balaban J connectivity index is 1.84. The average Bonchev–Trinajstić information content (AvgIpc) is 2.39. The van der Waals surface area contributed by atoms with Gasteiger partial charge in [-0.2, -0.15) is 0 Å². The number of hydrogen-bond acceptors (Lipinski definition) is 3. The summed E-state index contributed by atoms with van der Waals surface area (Å²) < 4.78 is 6.73. The van der Waals surface area contributed by atoms with Gasteiger partial charge in [-0.25, -0.2) is 0 Å². The van der Waals surface area contributed by atoms with Crippen LogP contribution >= 0.6 is 15.9 Å². The highest BCUT2D eigenvalue weighted by Crippen LogP contribution is 2.18. The van der Waals surface area contributed by atoms with E-state index in [4.69, 9.17) is 10.5 Å². The molecule has 2 aromatic rings. The summed E-state index contributed by atoms with van der Waals surface area (Å²) in [4.78, 5) is 2.14. The van der Waals surface area contributed by atoms with Gasteiger partial charge in [-0.3, -0.25) is 0 Å². The van der Waals surface area contributed by atoms with Crippen molar-refractivity contribution in [3.8, 4) is 5.75 Å². The summed E-state index contributed by atoms with van der Waals surface area (Å²) in [6, 6.07) is 15.7. The van der Waals surface area contributed by atoms with Gasteiger partial charge in [-0.1, -0.05) is 22.0 Å². The van der Waals surface area contributed by atoms with Crippen molar-refractivity contribution >= 4 is 27.3 Å². The zero-order valence-corrected chi connectivity index (χ0v) is 12.4. The minimum atomic E-state index is 0.636. The fourth-order valence-corrected chi connectivity index (χ4v) is 2.09. The van der Waals surface area contributed by atoms with Crippen molar-refractivity contribution in [2.24, 2.45) is 0 Å². The Morgan fingerprint density at radius 2 is 1.89 bits per heavy atom. The van der Waals surface area contributed by atoms with E-state index in [1.165, 1.54) is 0 Å². The first-order valence-corrected chi connectivity index (χ1v) is 6.89. The summed E-state index contributed by atoms with van der Waals surface area (Å²) in [7, 11) is 2.04. The number of hydrogen-bond donors (Lipinski definition) is 1. The molecule has 0 saturated heterocycles. The Bertz CT molecular complexity index is 528. The molecule has 0 heterocycles. The number of nitrogens with zero attached hydrogens (tertiary/aromatic N) is 1. The summed E-state index contributed by atoms with van der Waals surface area (Å²) in [5.41, 5.74) is 7.58. The number of halogens is 1. The Labute approximate surface area is 122 Å². The van der Waals surface area contributed by atoms with Crippen LogP contribution < -0.4 is 15.4 Å². The summed E-state index contributed by atoms with van der Waals surface area (Å²) in [5, 5.41) is 0. The Morgan fingerprint density at radius 3 is 2.58 bits per heavy atom. The van der Waals surface area contributed by atoms with E-state index in [1.807, 2.05) is 55.6 Å². The van der Waals surface area contributed by atoms with Gasteiger partial charge in [0, 0.05) is 22.9 Å². The topological polar surface area (TPSA) is 38.5 Å². The number of anilines is 2. The van der Waals surface area contributed by atoms with E-state index in [1.54, 1.807) is 0 Å². The van der Waals surface area contributed by atoms with Crippen LogP contribution in [0.1, 0.15) is 0 Å². The predicted octanol–water partition coefficient (Wildman–Crippen LogP) is 3.55. The van der Waals surface area contributed by atoms with Crippen LogP contribution in [0.5, 0.6) is 5.75 Å². The van der Waals surface area contributed by atoms with Gasteiger partial charge in [0.25, 0.3) is 0 Å². The number of ether oxygens (including phenoxy) is 1. The third-order valence-corrected chi connectivity index (χ3v) is 3.32. The lowest BCUT2D eigenvalue weighted by Gasteiger charge is -2.19. The molecular formula is C15H17BrN2O. The van der Waals surface area contributed by atoms with E-state index >= 15 is 0 Å². The van der Waals surface area contributed by atoms with Crippen LogP contribution in [0.2, 0.25) is 0 Å². The fourth-order valence-electron chi connectivity index (χ4n) is 1.72. The van der Waals surface area contributed by atoms with Gasteiger partial charge < -0.3 is 15.4 Å². The minimum Gasteiger partial charge on any atom is -0.492 e. The second kappa shape index (κ2) is 6.48. The molecule has 0 atom stereocenters. The van der Waals surface area contributed by atoms with Crippen molar-refractivity contribution in [1.29, 1.82) is 0 Å². The Kier molecular flexibility index (Phi) is 4.68. The molecule has 2 N–H and O–H groups in total. The molecular weight excluding hydrogens is 304 g/mol. The minimum absolute atomic E-state index is 0.636. The Morgan fingerprint density at radius 1 is 1.16 bits per heavy atom. The molecule has 100 valence electrons. The first-order chi connectivity index (χ1) is 9.15. The quantitative estimate of drug-likeness (QED) is 0.856. The second-order valence-electron chi connectivity index (χ2n) is 4.32. The standard InChI is InChI=1S/C15H17BrN2O/c1-18(14-7-5-13(17)6-8-14)9-10-19-15-4-2-3-12(16)11-15/h2-8,11H,9-10,17H2,1H3. The number of nitrogens with two attached hydrogens (primary N) is 1. The van der Waals surface area contributed by atoms with Crippen molar-refractivity contribution in [3.63, 3.8) is 0 Å². The van der Waals surface area contributed by atoms with Gasteiger partial charge in [-0.15, -0.1) is 0 Å². The van der Waals surface area contributed by atoms with Crippen molar-refractivity contribution in [1.82, 2.24) is 0 Å². The molecule has 0 aromatic heterocycles. The molecule has 3 nitrogen and oxygen atoms in total. The maximum atomic E-state index is 5.71. The highest BCUT2D eigenvalue weighted by molar-refractivity contribution is 9.10. The lowest BCUT2D eigenvalue weighted by atomic mass is 10.2. The SMILES string of the molecule is CN(CCOc1cccc(Br)c1)c1ccc(N)cc1. The van der Waals surface area contributed by atoms with Crippen LogP contribution in [0, 0.1) is 0 Å². The summed E-state index contributed by atoms with van der Waals surface area (Å²) in [6.45, 7) is 1.45. The highest BCUT2D eigenvalue weighted by atomic mass is 79.9. The summed E-state index contributed by atoms with van der Waals surface area (Å²) >= 11 is 3.42. The lowest BCUT2D eigenvalue weighted by molar-refractivity contribution is 0.326. The van der Waals surface area contributed by atoms with Crippen LogP contribution in [0.4, 0.5) is 11.4 Å². The molecule has 0 radical (unpaired) electrons. The van der Waals surface area contributed by atoms with E-state index < -0.39 is 0 Å². The predicted molar refractivity (Wildman–Crippen MR) is 83.8 cm³/mol. The summed E-state index contributed by atoms with van der Waals surface area (Å²) in [6.07, 6.45) is 0. The van der Waals surface area contributed by atoms with E-state index in [0.29, 0.717) is 6.61 Å². The van der Waals surface area contributed by atoms with Gasteiger partial charge in [0.05, 0.1) is 6.54 Å². The molecule has 0 spiro atoms. The van der Waals surface area contributed by atoms with Crippen molar-refractivity contribution in [2.75, 3.05) is 30.8 Å². The van der Waals surface area contributed by atoms with E-state index in [0.717, 1.165) is 28.1 Å². The van der Waals surface area contributed by atoms with E-state index in [2.05, 4.69) is 20.8 Å². The lowest BCUT2D eigenvalue weighted by Crippen LogP contribution is -2.23. The first-order valence-electron chi connectivity index (χ1n) is 6.10. The van der Waals surface area contributed by atoms with E-state index in [9.17, 15) is 0 Å². The van der Waals surface area contributed by atoms with Gasteiger partial charge in [0.1, 0.15) is 12.4 Å². The van der Waals surface area contributed by atoms with Crippen LogP contribution in [0.15, 0.2) is 53.0 Å². The largest absolute Gasteiger partial charge is 0.492 e. The zero-order valence-electron chi connectivity index (χ0n) is 10.8. The average molecular weight is 321 g/mol. The van der Waals surface area contributed by atoms with Gasteiger partial charge in [-0.05, 0) is 42.5 Å². The molecule has 0 unspecified atom stereocenters. The number of rotatable bonds is 5. The summed E-state index contributed by atoms with van der Waals surface area (Å²) in [5.74, 6) is 0.875. The molecule has 2 rings (SSSR count). The van der Waals surface area contributed by atoms with Crippen LogP contribution in [-0.2, 0) is 0 Å². The first kappa shape index (κ1) is 13.7. The normalized spacial score (nSPS) is 10.2. The number of benzene rings is 2. The van der Waals surface area contributed by atoms with Crippen molar-refractivity contribution in [2.45, 2.75) is 0 Å². The van der Waals surface area contributed by atoms with E-state index in [-0.39, 0.29) is 0 Å². The third kappa shape index (κ3) is 4.17. The number of likely N-dealkylation sites (N-methyl/N-ethyl adjacent to an activating group) is 1. The molecule has 19 heavy (non-hydrogen) atoms. The second-order valence-corrected chi connectivity index (χ2v) is 5.23. The smallest absolute Gasteiger partial charge is 0.120 e. The molecule has 0 amide bonds. The van der Waals surface area contributed by atoms with Crippen molar-refractivity contribution in [3.05, 3.63) is 53.0 Å².